The molecule has 0 amide bonds. The van der Waals surface area contributed by atoms with Crippen LogP contribution in [0.3, 0.4) is 0 Å². The topological polar surface area (TPSA) is 38.9 Å². The van der Waals surface area contributed by atoms with E-state index in [1.54, 1.807) is 18.5 Å². The molecule has 0 radical (unpaired) electrons. The third kappa shape index (κ3) is 1.79. The van der Waals surface area contributed by atoms with Gasteiger partial charge >= 0.3 is 0 Å². The molecule has 0 saturated carbocycles. The fraction of sp³-hybridized carbons (Fsp3) is 0.125. The SMILES string of the molecule is C=C(CN)c1ccncc1Cl. The number of rotatable bonds is 2. The Morgan fingerprint density at radius 2 is 2.45 bits per heavy atom. The van der Waals surface area contributed by atoms with Gasteiger partial charge in [0.25, 0.3) is 0 Å². The van der Waals surface area contributed by atoms with Crippen molar-refractivity contribution in [3.63, 3.8) is 0 Å². The first kappa shape index (κ1) is 8.24. The minimum absolute atomic E-state index is 0.420. The summed E-state index contributed by atoms with van der Waals surface area (Å²) in [6.07, 6.45) is 3.25. The van der Waals surface area contributed by atoms with E-state index in [0.717, 1.165) is 11.1 Å². The van der Waals surface area contributed by atoms with Crippen molar-refractivity contribution < 1.29 is 0 Å². The average molecular weight is 169 g/mol. The van der Waals surface area contributed by atoms with Gasteiger partial charge in [-0.05, 0) is 11.6 Å². The van der Waals surface area contributed by atoms with E-state index in [-0.39, 0.29) is 0 Å². The van der Waals surface area contributed by atoms with Crippen molar-refractivity contribution in [2.45, 2.75) is 0 Å². The van der Waals surface area contributed by atoms with Crippen molar-refractivity contribution in [1.29, 1.82) is 0 Å². The van der Waals surface area contributed by atoms with Crippen molar-refractivity contribution in [2.24, 2.45) is 5.73 Å². The lowest BCUT2D eigenvalue weighted by molar-refractivity contribution is 1.25. The Hall–Kier alpha value is -0.860. The lowest BCUT2D eigenvalue weighted by Crippen LogP contribution is -2.01. The van der Waals surface area contributed by atoms with Crippen LogP contribution < -0.4 is 5.73 Å². The van der Waals surface area contributed by atoms with Crippen LogP contribution in [0.15, 0.2) is 25.0 Å². The molecule has 0 unspecified atom stereocenters. The van der Waals surface area contributed by atoms with Crippen molar-refractivity contribution in [2.75, 3.05) is 6.54 Å². The molecule has 0 aliphatic carbocycles. The Morgan fingerprint density at radius 3 is 3.00 bits per heavy atom. The minimum atomic E-state index is 0.420. The number of halogens is 1. The third-order valence-electron chi connectivity index (χ3n) is 1.40. The Balaban J connectivity index is 3.03. The monoisotopic (exact) mass is 168 g/mol. The van der Waals surface area contributed by atoms with E-state index in [2.05, 4.69) is 11.6 Å². The minimum Gasteiger partial charge on any atom is -0.326 e. The molecule has 11 heavy (non-hydrogen) atoms. The lowest BCUT2D eigenvalue weighted by Gasteiger charge is -2.02. The van der Waals surface area contributed by atoms with Crippen molar-refractivity contribution >= 4 is 17.2 Å². The van der Waals surface area contributed by atoms with E-state index in [9.17, 15) is 0 Å². The second kappa shape index (κ2) is 3.51. The Bertz CT molecular complexity index is 271. The van der Waals surface area contributed by atoms with E-state index in [1.807, 2.05) is 0 Å². The zero-order valence-corrected chi connectivity index (χ0v) is 6.80. The average Bonchev–Trinajstić information content (AvgIpc) is 2.04. The van der Waals surface area contributed by atoms with Gasteiger partial charge in [0.15, 0.2) is 0 Å². The first-order valence-corrected chi connectivity index (χ1v) is 3.61. The molecule has 0 bridgehead atoms. The summed E-state index contributed by atoms with van der Waals surface area (Å²) in [4.78, 5) is 3.85. The van der Waals surface area contributed by atoms with Gasteiger partial charge in [-0.15, -0.1) is 0 Å². The number of nitrogens with two attached hydrogens (primary N) is 1. The maximum Gasteiger partial charge on any atom is 0.0664 e. The summed E-state index contributed by atoms with van der Waals surface area (Å²) in [5.74, 6) is 0. The predicted octanol–water partition coefficient (Wildman–Crippen LogP) is 1.71. The highest BCUT2D eigenvalue weighted by Gasteiger charge is 2.00. The predicted molar refractivity (Wildman–Crippen MR) is 47.3 cm³/mol. The molecule has 3 heteroatoms. The zero-order valence-electron chi connectivity index (χ0n) is 6.05. The smallest absolute Gasteiger partial charge is 0.0664 e. The molecule has 0 aliphatic rings. The van der Waals surface area contributed by atoms with E-state index in [1.165, 1.54) is 0 Å². The van der Waals surface area contributed by atoms with Crippen LogP contribution in [0.4, 0.5) is 0 Å². The third-order valence-corrected chi connectivity index (χ3v) is 1.70. The first-order chi connectivity index (χ1) is 5.25. The molecule has 0 saturated heterocycles. The summed E-state index contributed by atoms with van der Waals surface area (Å²) in [7, 11) is 0. The number of aromatic nitrogens is 1. The lowest BCUT2D eigenvalue weighted by atomic mass is 10.1. The highest BCUT2D eigenvalue weighted by atomic mass is 35.5. The summed E-state index contributed by atoms with van der Waals surface area (Å²) in [5.41, 5.74) is 7.10. The Kier molecular flexibility index (Phi) is 2.63. The van der Waals surface area contributed by atoms with Crippen LogP contribution in [-0.4, -0.2) is 11.5 Å². The number of nitrogens with zero attached hydrogens (tertiary/aromatic N) is 1. The molecule has 0 aliphatic heterocycles. The summed E-state index contributed by atoms with van der Waals surface area (Å²) < 4.78 is 0. The Morgan fingerprint density at radius 1 is 1.73 bits per heavy atom. The van der Waals surface area contributed by atoms with Gasteiger partial charge in [-0.1, -0.05) is 18.2 Å². The van der Waals surface area contributed by atoms with Crippen molar-refractivity contribution in [1.82, 2.24) is 4.98 Å². The molecular weight excluding hydrogens is 160 g/mol. The van der Waals surface area contributed by atoms with Gasteiger partial charge in [0.2, 0.25) is 0 Å². The van der Waals surface area contributed by atoms with Crippen molar-refractivity contribution in [3.05, 3.63) is 35.6 Å². The van der Waals surface area contributed by atoms with E-state index in [0.29, 0.717) is 11.6 Å². The van der Waals surface area contributed by atoms with Crippen LogP contribution in [0.1, 0.15) is 5.56 Å². The normalized spacial score (nSPS) is 9.64. The second-order valence-electron chi connectivity index (χ2n) is 2.16. The van der Waals surface area contributed by atoms with Gasteiger partial charge in [-0.3, -0.25) is 4.98 Å². The summed E-state index contributed by atoms with van der Waals surface area (Å²) in [6.45, 7) is 4.19. The molecule has 1 heterocycles. The maximum absolute atomic E-state index is 5.82. The van der Waals surface area contributed by atoms with Crippen LogP contribution in [0.5, 0.6) is 0 Å². The van der Waals surface area contributed by atoms with Gasteiger partial charge in [0, 0.05) is 24.5 Å². The van der Waals surface area contributed by atoms with Gasteiger partial charge in [0.1, 0.15) is 0 Å². The summed E-state index contributed by atoms with van der Waals surface area (Å²) >= 11 is 5.82. The van der Waals surface area contributed by atoms with Crippen LogP contribution in [-0.2, 0) is 0 Å². The van der Waals surface area contributed by atoms with Crippen LogP contribution in [0.2, 0.25) is 5.02 Å². The fourth-order valence-corrected chi connectivity index (χ4v) is 1.02. The summed E-state index contributed by atoms with van der Waals surface area (Å²) in [6, 6.07) is 1.80. The van der Waals surface area contributed by atoms with Crippen LogP contribution in [0, 0.1) is 0 Å². The van der Waals surface area contributed by atoms with Gasteiger partial charge in [-0.25, -0.2) is 0 Å². The van der Waals surface area contributed by atoms with E-state index in [4.69, 9.17) is 17.3 Å². The first-order valence-electron chi connectivity index (χ1n) is 3.23. The van der Waals surface area contributed by atoms with Gasteiger partial charge < -0.3 is 5.73 Å². The molecule has 0 fully saturated rings. The molecule has 0 aromatic carbocycles. The number of pyridine rings is 1. The zero-order chi connectivity index (χ0) is 8.27. The van der Waals surface area contributed by atoms with Gasteiger partial charge in [-0.2, -0.15) is 0 Å². The number of hydrogen-bond donors (Lipinski definition) is 1. The highest BCUT2D eigenvalue weighted by molar-refractivity contribution is 6.32. The molecule has 0 atom stereocenters. The van der Waals surface area contributed by atoms with Crippen molar-refractivity contribution in [3.8, 4) is 0 Å². The van der Waals surface area contributed by atoms with E-state index < -0.39 is 0 Å². The molecule has 2 nitrogen and oxygen atoms in total. The highest BCUT2D eigenvalue weighted by Crippen LogP contribution is 2.19. The van der Waals surface area contributed by atoms with Crippen LogP contribution >= 0.6 is 11.6 Å². The number of hydrogen-bond acceptors (Lipinski definition) is 2. The summed E-state index contributed by atoms with van der Waals surface area (Å²) in [5, 5.41) is 0.600. The second-order valence-corrected chi connectivity index (χ2v) is 2.57. The largest absolute Gasteiger partial charge is 0.326 e. The maximum atomic E-state index is 5.82. The van der Waals surface area contributed by atoms with Gasteiger partial charge in [0.05, 0.1) is 5.02 Å². The molecule has 0 spiro atoms. The molecule has 1 aromatic heterocycles. The quantitative estimate of drug-likeness (QED) is 0.730. The fourth-order valence-electron chi connectivity index (χ4n) is 0.772. The molecular formula is C8H9ClN2. The standard InChI is InChI=1S/C8H9ClN2/c1-6(4-10)7-2-3-11-5-8(7)9/h2-3,5H,1,4,10H2. The molecule has 1 aromatic rings. The van der Waals surface area contributed by atoms with E-state index >= 15 is 0 Å². The molecule has 1 rings (SSSR count). The molecule has 2 N–H and O–H groups in total. The Labute approximate surface area is 70.7 Å². The molecule has 58 valence electrons. The van der Waals surface area contributed by atoms with Crippen LogP contribution in [0.25, 0.3) is 5.57 Å².